The third-order valence-corrected chi connectivity index (χ3v) is 5.60. The van der Waals surface area contributed by atoms with Gasteiger partial charge in [-0.25, -0.2) is 0 Å². The Morgan fingerprint density at radius 3 is 2.80 bits per heavy atom. The van der Waals surface area contributed by atoms with Crippen LogP contribution in [0, 0.1) is 0 Å². The predicted molar refractivity (Wildman–Crippen MR) is 121 cm³/mol. The van der Waals surface area contributed by atoms with Gasteiger partial charge in [-0.2, -0.15) is 0 Å². The Morgan fingerprint density at radius 1 is 1.17 bits per heavy atom. The van der Waals surface area contributed by atoms with Crippen molar-refractivity contribution in [2.45, 2.75) is 11.7 Å². The number of allylic oxidation sites excluding steroid dienone is 1. The van der Waals surface area contributed by atoms with Gasteiger partial charge >= 0.3 is 0 Å². The summed E-state index contributed by atoms with van der Waals surface area (Å²) in [5.41, 5.74) is 1.35. The maximum atomic E-state index is 12.3. The first kappa shape index (κ1) is 20.5. The number of fused-ring (bicyclic) bond motifs is 1. The number of hydrogen-bond donors (Lipinski definition) is 1. The van der Waals surface area contributed by atoms with E-state index in [0.717, 1.165) is 5.39 Å². The Balaban J connectivity index is 1.53. The van der Waals surface area contributed by atoms with Crippen LogP contribution in [0.3, 0.4) is 0 Å². The van der Waals surface area contributed by atoms with Crippen molar-refractivity contribution < 1.29 is 9.21 Å². The molecule has 152 valence electrons. The van der Waals surface area contributed by atoms with Gasteiger partial charge in [0.25, 0.3) is 0 Å². The lowest BCUT2D eigenvalue weighted by Crippen LogP contribution is -2.14. The van der Waals surface area contributed by atoms with Crippen LogP contribution in [0.2, 0.25) is 10.0 Å². The molecular weight excluding hydrogens is 443 g/mol. The summed E-state index contributed by atoms with van der Waals surface area (Å²) >= 11 is 13.3. The van der Waals surface area contributed by atoms with E-state index in [1.54, 1.807) is 36.4 Å². The van der Waals surface area contributed by atoms with E-state index in [0.29, 0.717) is 44.6 Å². The second-order valence-corrected chi connectivity index (χ2v) is 8.16. The van der Waals surface area contributed by atoms with E-state index >= 15 is 0 Å². The van der Waals surface area contributed by atoms with Gasteiger partial charge in [-0.3, -0.25) is 9.36 Å². The largest absolute Gasteiger partial charge is 0.453 e. The molecule has 1 amide bonds. The fraction of sp³-hybridized carbons (Fsp3) is 0.0952. The lowest BCUT2D eigenvalue weighted by molar-refractivity contribution is -0.113. The van der Waals surface area contributed by atoms with E-state index in [1.165, 1.54) is 11.8 Å². The van der Waals surface area contributed by atoms with Gasteiger partial charge in [0.2, 0.25) is 11.7 Å². The molecule has 0 saturated carbocycles. The molecule has 30 heavy (non-hydrogen) atoms. The Labute approximate surface area is 186 Å². The Kier molecular flexibility index (Phi) is 6.13. The minimum Gasteiger partial charge on any atom is -0.453 e. The SMILES string of the molecule is C=CCn1c(SCC(=O)Nc2cccc(Cl)c2)nnc1-c1cc2cc(Cl)ccc2o1. The van der Waals surface area contributed by atoms with Gasteiger partial charge in [0, 0.05) is 27.7 Å². The first-order chi connectivity index (χ1) is 14.5. The van der Waals surface area contributed by atoms with E-state index in [1.807, 2.05) is 22.8 Å². The third kappa shape index (κ3) is 4.53. The third-order valence-electron chi connectivity index (χ3n) is 4.17. The predicted octanol–water partition coefficient (Wildman–Crippen LogP) is 5.91. The number of halogens is 2. The number of benzene rings is 2. The van der Waals surface area contributed by atoms with E-state index in [4.69, 9.17) is 27.6 Å². The first-order valence-corrected chi connectivity index (χ1v) is 10.7. The smallest absolute Gasteiger partial charge is 0.234 e. The first-order valence-electron chi connectivity index (χ1n) is 8.95. The Morgan fingerprint density at radius 2 is 2.00 bits per heavy atom. The quantitative estimate of drug-likeness (QED) is 0.275. The molecule has 0 bridgehead atoms. The van der Waals surface area contributed by atoms with E-state index in [9.17, 15) is 4.79 Å². The van der Waals surface area contributed by atoms with Crippen LogP contribution in [-0.2, 0) is 11.3 Å². The summed E-state index contributed by atoms with van der Waals surface area (Å²) in [4.78, 5) is 12.3. The summed E-state index contributed by atoms with van der Waals surface area (Å²) in [6.45, 7) is 4.27. The van der Waals surface area contributed by atoms with E-state index in [-0.39, 0.29) is 11.7 Å². The molecule has 0 atom stereocenters. The van der Waals surface area contributed by atoms with Gasteiger partial charge in [-0.1, -0.05) is 47.1 Å². The summed E-state index contributed by atoms with van der Waals surface area (Å²) in [5, 5.41) is 14.0. The highest BCUT2D eigenvalue weighted by Gasteiger charge is 2.18. The van der Waals surface area contributed by atoms with Crippen molar-refractivity contribution in [3.8, 4) is 11.6 Å². The molecule has 0 aliphatic rings. The second kappa shape index (κ2) is 8.95. The van der Waals surface area contributed by atoms with Crippen molar-refractivity contribution in [2.75, 3.05) is 11.1 Å². The molecule has 0 radical (unpaired) electrons. The van der Waals surface area contributed by atoms with Gasteiger partial charge in [0.1, 0.15) is 5.58 Å². The number of anilines is 1. The molecule has 0 aliphatic heterocycles. The molecule has 0 aliphatic carbocycles. The molecular formula is C21H16Cl2N4O2S. The normalized spacial score (nSPS) is 11.0. The van der Waals surface area contributed by atoms with Crippen LogP contribution in [0.15, 0.2) is 70.8 Å². The van der Waals surface area contributed by atoms with Gasteiger partial charge < -0.3 is 9.73 Å². The molecule has 2 aromatic carbocycles. The highest BCUT2D eigenvalue weighted by molar-refractivity contribution is 7.99. The van der Waals surface area contributed by atoms with Gasteiger partial charge in [-0.15, -0.1) is 16.8 Å². The zero-order valence-corrected chi connectivity index (χ0v) is 18.0. The maximum absolute atomic E-state index is 12.3. The van der Waals surface area contributed by atoms with Crippen LogP contribution in [0.5, 0.6) is 0 Å². The summed E-state index contributed by atoms with van der Waals surface area (Å²) in [5.74, 6) is 1.12. The minimum absolute atomic E-state index is 0.164. The zero-order valence-electron chi connectivity index (χ0n) is 15.6. The summed E-state index contributed by atoms with van der Waals surface area (Å²) < 4.78 is 7.76. The number of carbonyl (C=O) groups is 1. The highest BCUT2D eigenvalue weighted by Crippen LogP contribution is 2.30. The topological polar surface area (TPSA) is 73.0 Å². The van der Waals surface area contributed by atoms with E-state index in [2.05, 4.69) is 22.1 Å². The van der Waals surface area contributed by atoms with E-state index < -0.39 is 0 Å². The van der Waals surface area contributed by atoms with Gasteiger partial charge in [0.05, 0.1) is 5.75 Å². The number of rotatable bonds is 7. The van der Waals surface area contributed by atoms with Crippen LogP contribution < -0.4 is 5.32 Å². The molecule has 0 spiro atoms. The summed E-state index contributed by atoms with van der Waals surface area (Å²) in [6, 6.07) is 14.3. The van der Waals surface area contributed by atoms with Gasteiger partial charge in [-0.05, 0) is 42.5 Å². The summed E-state index contributed by atoms with van der Waals surface area (Å²) in [6.07, 6.45) is 1.74. The monoisotopic (exact) mass is 458 g/mol. The molecule has 0 unspecified atom stereocenters. The number of nitrogens with one attached hydrogen (secondary N) is 1. The number of nitrogens with zero attached hydrogens (tertiary/aromatic N) is 3. The molecule has 0 saturated heterocycles. The standard InChI is InChI=1S/C21H16Cl2N4O2S/c1-2-8-27-20(18-10-13-9-15(23)6-7-17(13)29-18)25-26-21(27)30-12-19(28)24-16-5-3-4-14(22)11-16/h2-7,9-11H,1,8,12H2,(H,24,28). The number of hydrogen-bond acceptors (Lipinski definition) is 5. The highest BCUT2D eigenvalue weighted by atomic mass is 35.5. The summed E-state index contributed by atoms with van der Waals surface area (Å²) in [7, 11) is 0. The van der Waals surface area contributed by atoms with Crippen molar-refractivity contribution >= 4 is 57.5 Å². The maximum Gasteiger partial charge on any atom is 0.234 e. The van der Waals surface area contributed by atoms with Crippen LogP contribution in [-0.4, -0.2) is 26.4 Å². The number of amides is 1. The van der Waals surface area contributed by atoms with Crippen molar-refractivity contribution in [1.82, 2.24) is 14.8 Å². The number of aromatic nitrogens is 3. The zero-order chi connectivity index (χ0) is 21.1. The fourth-order valence-electron chi connectivity index (χ4n) is 2.89. The van der Waals surface area contributed by atoms with Crippen molar-refractivity contribution in [3.05, 3.63) is 71.2 Å². The molecule has 9 heteroatoms. The molecule has 4 aromatic rings. The van der Waals surface area contributed by atoms with Crippen molar-refractivity contribution in [3.63, 3.8) is 0 Å². The van der Waals surface area contributed by atoms with Crippen LogP contribution in [0.4, 0.5) is 5.69 Å². The number of thioether (sulfide) groups is 1. The fourth-order valence-corrected chi connectivity index (χ4v) is 4.01. The van der Waals surface area contributed by atoms with Crippen molar-refractivity contribution in [2.24, 2.45) is 0 Å². The lowest BCUT2D eigenvalue weighted by Gasteiger charge is -2.07. The van der Waals surface area contributed by atoms with Crippen LogP contribution >= 0.6 is 35.0 Å². The second-order valence-electron chi connectivity index (χ2n) is 6.35. The number of furan rings is 1. The molecule has 4 rings (SSSR count). The van der Waals surface area contributed by atoms with Crippen LogP contribution in [0.25, 0.3) is 22.6 Å². The minimum atomic E-state index is -0.171. The number of carbonyl (C=O) groups excluding carboxylic acids is 1. The molecule has 6 nitrogen and oxygen atoms in total. The average molecular weight is 459 g/mol. The Bertz CT molecular complexity index is 1230. The lowest BCUT2D eigenvalue weighted by atomic mass is 10.2. The van der Waals surface area contributed by atoms with Crippen molar-refractivity contribution in [1.29, 1.82) is 0 Å². The average Bonchev–Trinajstić information content (AvgIpc) is 3.30. The molecule has 1 N–H and O–H groups in total. The van der Waals surface area contributed by atoms with Crippen LogP contribution in [0.1, 0.15) is 0 Å². The van der Waals surface area contributed by atoms with Gasteiger partial charge in [0.15, 0.2) is 10.9 Å². The molecule has 2 heterocycles. The Hall–Kier alpha value is -2.74. The molecule has 0 fully saturated rings. The molecule has 2 aromatic heterocycles.